The molecular weight excluding hydrogens is 442 g/mol. The van der Waals surface area contributed by atoms with Crippen LogP contribution in [0.3, 0.4) is 0 Å². The summed E-state index contributed by atoms with van der Waals surface area (Å²) in [6.07, 6.45) is -5.57. The van der Waals surface area contributed by atoms with Gasteiger partial charge >= 0.3 is 17.8 Å². The van der Waals surface area contributed by atoms with E-state index in [-0.39, 0.29) is 0 Å². The molecule has 0 aliphatic carbocycles. The lowest BCUT2D eigenvalue weighted by Crippen LogP contribution is -2.69. The minimum Gasteiger partial charge on any atom is -0.463 e. The molecule has 12 heteroatoms. The molecule has 2 aromatic carbocycles. The van der Waals surface area contributed by atoms with Crippen LogP contribution >= 0.6 is 11.6 Å². The van der Waals surface area contributed by atoms with Crippen molar-refractivity contribution < 1.29 is 40.7 Å². The van der Waals surface area contributed by atoms with Crippen molar-refractivity contribution in [2.45, 2.75) is 18.8 Å². The molecule has 0 saturated heterocycles. The lowest BCUT2D eigenvalue weighted by atomic mass is 10.1. The highest BCUT2D eigenvalue weighted by Gasteiger charge is 2.64. The third-order valence-electron chi connectivity index (χ3n) is 3.75. The van der Waals surface area contributed by atoms with Gasteiger partial charge in [0.1, 0.15) is 23.0 Å². The molecular formula is C18H13ClF6N2O3. The van der Waals surface area contributed by atoms with Gasteiger partial charge in [-0.15, -0.1) is 0 Å². The number of alkyl halides is 3. The summed E-state index contributed by atoms with van der Waals surface area (Å²) in [5.41, 5.74) is -5.87. The molecule has 0 heterocycles. The van der Waals surface area contributed by atoms with Crippen molar-refractivity contribution in [2.75, 3.05) is 11.9 Å². The molecule has 5 nitrogen and oxygen atoms in total. The molecule has 0 radical (unpaired) electrons. The quantitative estimate of drug-likeness (QED) is 0.385. The lowest BCUT2D eigenvalue weighted by molar-refractivity contribution is -0.204. The van der Waals surface area contributed by atoms with Crippen molar-refractivity contribution >= 4 is 29.2 Å². The maximum absolute atomic E-state index is 14.0. The van der Waals surface area contributed by atoms with Gasteiger partial charge in [-0.1, -0.05) is 17.7 Å². The van der Waals surface area contributed by atoms with Crippen molar-refractivity contribution in [1.82, 2.24) is 5.32 Å². The Morgan fingerprint density at radius 1 is 1.03 bits per heavy atom. The van der Waals surface area contributed by atoms with Crippen LogP contribution in [0.2, 0.25) is 5.02 Å². The number of carbonyl (C=O) groups is 2. The Kier molecular flexibility index (Phi) is 6.86. The van der Waals surface area contributed by atoms with Gasteiger partial charge in [-0.05, 0) is 37.3 Å². The Morgan fingerprint density at radius 3 is 2.13 bits per heavy atom. The summed E-state index contributed by atoms with van der Waals surface area (Å²) >= 11 is 5.54. The molecule has 0 aromatic heterocycles. The highest BCUT2D eigenvalue weighted by atomic mass is 35.5. The number of amides is 1. The summed E-state index contributed by atoms with van der Waals surface area (Å²) in [4.78, 5) is 24.6. The summed E-state index contributed by atoms with van der Waals surface area (Å²) in [6, 6.07) is 4.40. The Balaban J connectivity index is 2.60. The lowest BCUT2D eigenvalue weighted by Gasteiger charge is -2.35. The van der Waals surface area contributed by atoms with Gasteiger partial charge in [0.2, 0.25) is 0 Å². The molecule has 0 unspecified atom stereocenters. The molecule has 0 spiro atoms. The van der Waals surface area contributed by atoms with E-state index < -0.39 is 64.0 Å². The molecule has 0 aliphatic rings. The number of hydrogen-bond acceptors (Lipinski definition) is 4. The third kappa shape index (κ3) is 4.61. The minimum atomic E-state index is -5.57. The number of halogens is 7. The largest absolute Gasteiger partial charge is 0.463 e. The molecule has 2 rings (SSSR count). The monoisotopic (exact) mass is 454 g/mol. The predicted molar refractivity (Wildman–Crippen MR) is 94.3 cm³/mol. The van der Waals surface area contributed by atoms with Crippen molar-refractivity contribution in [1.29, 1.82) is 0 Å². The van der Waals surface area contributed by atoms with E-state index in [0.717, 1.165) is 12.1 Å². The van der Waals surface area contributed by atoms with E-state index in [9.17, 15) is 35.9 Å². The van der Waals surface area contributed by atoms with Crippen LogP contribution in [0.5, 0.6) is 0 Å². The maximum Gasteiger partial charge on any atom is 0.441 e. The number of ether oxygens (including phenoxy) is 1. The zero-order valence-corrected chi connectivity index (χ0v) is 15.8. The molecule has 1 atom stereocenters. The molecule has 0 saturated carbocycles. The first kappa shape index (κ1) is 23.3. The second-order valence-electron chi connectivity index (χ2n) is 5.77. The average Bonchev–Trinajstić information content (AvgIpc) is 2.63. The fourth-order valence-electron chi connectivity index (χ4n) is 2.37. The minimum absolute atomic E-state index is 0.521. The van der Waals surface area contributed by atoms with E-state index in [4.69, 9.17) is 11.6 Å². The summed E-state index contributed by atoms with van der Waals surface area (Å²) in [5.74, 6) is -7.80. The number of esters is 1. The number of rotatable bonds is 6. The van der Waals surface area contributed by atoms with E-state index in [2.05, 4.69) is 4.74 Å². The van der Waals surface area contributed by atoms with Crippen LogP contribution in [0.4, 0.5) is 32.0 Å². The van der Waals surface area contributed by atoms with E-state index in [0.29, 0.717) is 24.3 Å². The van der Waals surface area contributed by atoms with Gasteiger partial charge in [0.15, 0.2) is 0 Å². The molecule has 0 fully saturated rings. The van der Waals surface area contributed by atoms with Crippen LogP contribution in [0, 0.1) is 17.5 Å². The normalized spacial score (nSPS) is 13.3. The summed E-state index contributed by atoms with van der Waals surface area (Å²) in [6.45, 7) is 0.679. The molecule has 2 N–H and O–H groups in total. The van der Waals surface area contributed by atoms with Crippen LogP contribution in [0.25, 0.3) is 0 Å². The second-order valence-corrected chi connectivity index (χ2v) is 6.18. The molecule has 2 aromatic rings. The van der Waals surface area contributed by atoms with Crippen LogP contribution in [0.15, 0.2) is 36.4 Å². The van der Waals surface area contributed by atoms with E-state index in [1.54, 1.807) is 5.32 Å². The van der Waals surface area contributed by atoms with Crippen molar-refractivity contribution in [3.63, 3.8) is 0 Å². The summed E-state index contributed by atoms with van der Waals surface area (Å²) in [7, 11) is 0. The van der Waals surface area contributed by atoms with E-state index in [1.165, 1.54) is 12.2 Å². The SMILES string of the molecule is CCOC(=O)[C@](NC(=O)c1c(F)cccc1F)(Nc1ccc(F)c(Cl)c1)C(F)(F)F. The molecule has 162 valence electrons. The smallest absolute Gasteiger partial charge is 0.441 e. The van der Waals surface area contributed by atoms with Crippen LogP contribution in [-0.4, -0.2) is 30.3 Å². The number of anilines is 1. The van der Waals surface area contributed by atoms with Gasteiger partial charge in [-0.3, -0.25) is 4.79 Å². The Hall–Kier alpha value is -2.95. The summed E-state index contributed by atoms with van der Waals surface area (Å²) in [5, 5.41) is 2.38. The van der Waals surface area contributed by atoms with Crippen LogP contribution in [0.1, 0.15) is 17.3 Å². The zero-order valence-electron chi connectivity index (χ0n) is 15.0. The Morgan fingerprint density at radius 2 is 1.63 bits per heavy atom. The predicted octanol–water partition coefficient (Wildman–Crippen LogP) is 4.42. The first-order valence-electron chi connectivity index (χ1n) is 8.16. The van der Waals surface area contributed by atoms with Gasteiger partial charge in [-0.2, -0.15) is 13.2 Å². The highest BCUT2D eigenvalue weighted by molar-refractivity contribution is 6.31. The fourth-order valence-corrected chi connectivity index (χ4v) is 2.55. The van der Waals surface area contributed by atoms with Crippen molar-refractivity contribution in [3.05, 3.63) is 64.4 Å². The van der Waals surface area contributed by atoms with Crippen LogP contribution < -0.4 is 10.6 Å². The van der Waals surface area contributed by atoms with Gasteiger partial charge in [0.25, 0.3) is 5.91 Å². The maximum atomic E-state index is 14.0. The van der Waals surface area contributed by atoms with Crippen molar-refractivity contribution in [2.24, 2.45) is 0 Å². The van der Waals surface area contributed by atoms with Gasteiger partial charge < -0.3 is 15.4 Å². The zero-order chi connectivity index (χ0) is 22.7. The summed E-state index contributed by atoms with van der Waals surface area (Å²) < 4.78 is 87.6. The number of benzene rings is 2. The van der Waals surface area contributed by atoms with Gasteiger partial charge in [0.05, 0.1) is 11.6 Å². The topological polar surface area (TPSA) is 67.4 Å². The first-order chi connectivity index (χ1) is 13.9. The van der Waals surface area contributed by atoms with Crippen LogP contribution in [-0.2, 0) is 9.53 Å². The van der Waals surface area contributed by atoms with E-state index in [1.807, 2.05) is 0 Å². The second kappa shape index (κ2) is 8.82. The molecule has 0 aliphatic heterocycles. The standard InChI is InChI=1S/C18H13ClF6N2O3/c1-2-30-16(29)17(18(23,24)25,26-9-6-7-11(20)10(19)8-9)27-15(28)14-12(21)4-3-5-13(14)22/h3-8,26H,2H2,1H3,(H,27,28)/t17-/m1/s1. The number of nitrogens with one attached hydrogen (secondary N) is 2. The molecule has 30 heavy (non-hydrogen) atoms. The Labute approximate surface area is 171 Å². The third-order valence-corrected chi connectivity index (χ3v) is 4.04. The molecule has 1 amide bonds. The van der Waals surface area contributed by atoms with Crippen molar-refractivity contribution in [3.8, 4) is 0 Å². The number of hydrogen-bond donors (Lipinski definition) is 2. The first-order valence-corrected chi connectivity index (χ1v) is 8.54. The average molecular weight is 455 g/mol. The van der Waals surface area contributed by atoms with E-state index >= 15 is 0 Å². The van der Waals surface area contributed by atoms with Gasteiger partial charge in [-0.25, -0.2) is 18.0 Å². The number of carbonyl (C=O) groups excluding carboxylic acids is 2. The Bertz CT molecular complexity index is 949. The fraction of sp³-hybridized carbons (Fsp3) is 0.222. The molecule has 0 bridgehead atoms. The highest BCUT2D eigenvalue weighted by Crippen LogP contribution is 2.34. The van der Waals surface area contributed by atoms with Gasteiger partial charge in [0, 0.05) is 5.69 Å².